The minimum atomic E-state index is 0.452. The third-order valence-electron chi connectivity index (χ3n) is 2.15. The first-order valence-corrected chi connectivity index (χ1v) is 5.35. The second-order valence-electron chi connectivity index (χ2n) is 3.33. The Morgan fingerprint density at radius 3 is 3.00 bits per heavy atom. The fraction of sp³-hybridized carbons (Fsp3) is 0.182. The molecule has 0 saturated carbocycles. The van der Waals surface area contributed by atoms with Crippen LogP contribution in [0.2, 0.25) is 5.15 Å². The third-order valence-corrected chi connectivity index (χ3v) is 2.38. The minimum Gasteiger partial charge on any atom is -0.399 e. The van der Waals surface area contributed by atoms with Gasteiger partial charge < -0.3 is 9.40 Å². The fourth-order valence-corrected chi connectivity index (χ4v) is 1.49. The van der Waals surface area contributed by atoms with Gasteiger partial charge in [-0.3, -0.25) is 0 Å². The largest absolute Gasteiger partial charge is 0.399 e. The molecule has 0 radical (unpaired) electrons. The molecule has 0 aliphatic rings. The van der Waals surface area contributed by atoms with E-state index in [1.54, 1.807) is 24.8 Å². The molecule has 2 aromatic heterocycles. The zero-order valence-corrected chi connectivity index (χ0v) is 10.0. The highest BCUT2D eigenvalue weighted by Gasteiger charge is 2.06. The molecule has 0 fully saturated rings. The van der Waals surface area contributed by atoms with Crippen molar-refractivity contribution in [3.8, 4) is 0 Å². The van der Waals surface area contributed by atoms with E-state index >= 15 is 0 Å². The van der Waals surface area contributed by atoms with Crippen molar-refractivity contribution in [1.29, 1.82) is 0 Å². The van der Waals surface area contributed by atoms with Crippen LogP contribution in [0.1, 0.15) is 5.56 Å². The molecule has 0 aliphatic heterocycles. The van der Waals surface area contributed by atoms with Gasteiger partial charge in [-0.1, -0.05) is 16.8 Å². The molecule has 2 heterocycles. The van der Waals surface area contributed by atoms with Crippen LogP contribution in [0.5, 0.6) is 0 Å². The van der Waals surface area contributed by atoms with Crippen molar-refractivity contribution in [2.75, 3.05) is 7.11 Å². The molecular weight excluding hydrogens is 240 g/mol. The number of rotatable bonds is 4. The second kappa shape index (κ2) is 5.45. The summed E-state index contributed by atoms with van der Waals surface area (Å²) in [6, 6.07) is 3.57. The lowest BCUT2D eigenvalue weighted by molar-refractivity contribution is 0.212. The van der Waals surface area contributed by atoms with Gasteiger partial charge in [-0.05, 0) is 12.1 Å². The first-order valence-electron chi connectivity index (χ1n) is 4.97. The Morgan fingerprint density at radius 2 is 2.41 bits per heavy atom. The van der Waals surface area contributed by atoms with Gasteiger partial charge >= 0.3 is 0 Å². The third kappa shape index (κ3) is 3.04. The molecule has 0 amide bonds. The van der Waals surface area contributed by atoms with Gasteiger partial charge in [-0.25, -0.2) is 9.97 Å². The second-order valence-corrected chi connectivity index (χ2v) is 3.71. The normalized spacial score (nSPS) is 11.5. The smallest absolute Gasteiger partial charge is 0.129 e. The Labute approximate surface area is 104 Å². The van der Waals surface area contributed by atoms with Crippen molar-refractivity contribution in [1.82, 2.24) is 14.5 Å². The summed E-state index contributed by atoms with van der Waals surface area (Å²) in [5, 5.41) is 4.44. The maximum Gasteiger partial charge on any atom is 0.129 e. The first kappa shape index (κ1) is 11.6. The van der Waals surface area contributed by atoms with Crippen molar-refractivity contribution in [3.63, 3.8) is 0 Å². The van der Waals surface area contributed by atoms with Gasteiger partial charge in [0.05, 0.1) is 12.9 Å². The van der Waals surface area contributed by atoms with Crippen molar-refractivity contribution < 1.29 is 4.84 Å². The molecule has 0 spiro atoms. The summed E-state index contributed by atoms with van der Waals surface area (Å²) in [7, 11) is 1.51. The summed E-state index contributed by atoms with van der Waals surface area (Å²) in [6.07, 6.45) is 6.95. The Kier molecular flexibility index (Phi) is 3.72. The van der Waals surface area contributed by atoms with Crippen molar-refractivity contribution in [3.05, 3.63) is 47.8 Å². The van der Waals surface area contributed by atoms with E-state index in [0.717, 1.165) is 11.3 Å². The van der Waals surface area contributed by atoms with Gasteiger partial charge in [0.25, 0.3) is 0 Å². The van der Waals surface area contributed by atoms with Gasteiger partial charge in [0.1, 0.15) is 18.0 Å². The van der Waals surface area contributed by atoms with Crippen LogP contribution in [-0.4, -0.2) is 27.4 Å². The number of oxime groups is 1. The molecule has 88 valence electrons. The van der Waals surface area contributed by atoms with E-state index in [1.807, 2.05) is 16.8 Å². The molecule has 0 aliphatic carbocycles. The summed E-state index contributed by atoms with van der Waals surface area (Å²) in [5.41, 5.74) is 1.62. The molecule has 0 aromatic carbocycles. The zero-order chi connectivity index (χ0) is 12.1. The van der Waals surface area contributed by atoms with E-state index in [4.69, 9.17) is 16.4 Å². The van der Waals surface area contributed by atoms with Crippen LogP contribution >= 0.6 is 11.6 Å². The molecular formula is C11H11ClN4O. The van der Waals surface area contributed by atoms with E-state index in [-0.39, 0.29) is 0 Å². The summed E-state index contributed by atoms with van der Waals surface area (Å²) in [4.78, 5) is 12.8. The van der Waals surface area contributed by atoms with Crippen molar-refractivity contribution in [2.45, 2.75) is 6.54 Å². The fourth-order valence-electron chi connectivity index (χ4n) is 1.38. The van der Waals surface area contributed by atoms with Crippen LogP contribution in [0.4, 0.5) is 0 Å². The maximum absolute atomic E-state index is 5.74. The highest BCUT2D eigenvalue weighted by atomic mass is 35.5. The number of nitrogens with zero attached hydrogens (tertiary/aromatic N) is 4. The van der Waals surface area contributed by atoms with Crippen molar-refractivity contribution in [2.24, 2.45) is 5.16 Å². The average Bonchev–Trinajstić information content (AvgIpc) is 2.82. The number of hydrogen-bond acceptors (Lipinski definition) is 4. The first-order chi connectivity index (χ1) is 8.29. The molecule has 2 rings (SSSR count). The van der Waals surface area contributed by atoms with Crippen LogP contribution in [0.25, 0.3) is 0 Å². The molecule has 0 bridgehead atoms. The monoisotopic (exact) mass is 250 g/mol. The summed E-state index contributed by atoms with van der Waals surface area (Å²) in [6.45, 7) is 0.567. The lowest BCUT2D eigenvalue weighted by atomic mass is 10.2. The summed E-state index contributed by atoms with van der Waals surface area (Å²) in [5.74, 6) is 0. The zero-order valence-electron chi connectivity index (χ0n) is 9.25. The lowest BCUT2D eigenvalue weighted by Gasteiger charge is -2.06. The molecule has 2 aromatic rings. The Balaban J connectivity index is 2.23. The quantitative estimate of drug-likeness (QED) is 0.474. The van der Waals surface area contributed by atoms with Gasteiger partial charge in [0, 0.05) is 24.2 Å². The van der Waals surface area contributed by atoms with E-state index < -0.39 is 0 Å². The minimum absolute atomic E-state index is 0.452. The van der Waals surface area contributed by atoms with Crippen molar-refractivity contribution >= 4 is 17.3 Å². The molecule has 5 nitrogen and oxygen atoms in total. The maximum atomic E-state index is 5.74. The summed E-state index contributed by atoms with van der Waals surface area (Å²) < 4.78 is 1.90. The molecule has 17 heavy (non-hydrogen) atoms. The van der Waals surface area contributed by atoms with E-state index in [0.29, 0.717) is 11.7 Å². The number of hydrogen-bond donors (Lipinski definition) is 0. The Hall–Kier alpha value is -1.88. The number of imidazole rings is 1. The predicted molar refractivity (Wildman–Crippen MR) is 65.0 cm³/mol. The molecule has 6 heteroatoms. The molecule has 0 saturated heterocycles. The van der Waals surface area contributed by atoms with Crippen LogP contribution in [-0.2, 0) is 11.4 Å². The lowest BCUT2D eigenvalue weighted by Crippen LogP contribution is -2.11. The number of halogens is 1. The van der Waals surface area contributed by atoms with Crippen LogP contribution in [0.3, 0.4) is 0 Å². The Morgan fingerprint density at radius 1 is 1.53 bits per heavy atom. The standard InChI is InChI=1S/C11H11ClN4O/c1-17-15-10(7-16-5-4-13-8-16)9-2-3-11(12)14-6-9/h2-6,8H,7H2,1H3. The average molecular weight is 251 g/mol. The number of aromatic nitrogens is 3. The Bertz CT molecular complexity index is 493. The topological polar surface area (TPSA) is 52.3 Å². The van der Waals surface area contributed by atoms with Crippen LogP contribution in [0, 0.1) is 0 Å². The molecule has 0 unspecified atom stereocenters. The van der Waals surface area contributed by atoms with Crippen LogP contribution < -0.4 is 0 Å². The van der Waals surface area contributed by atoms with Gasteiger partial charge in [-0.2, -0.15) is 0 Å². The summed E-state index contributed by atoms with van der Waals surface area (Å²) >= 11 is 5.74. The number of pyridine rings is 1. The van der Waals surface area contributed by atoms with Crippen LogP contribution in [0.15, 0.2) is 42.2 Å². The molecule has 0 N–H and O–H groups in total. The van der Waals surface area contributed by atoms with Gasteiger partial charge in [0.15, 0.2) is 0 Å². The van der Waals surface area contributed by atoms with E-state index in [1.165, 1.54) is 7.11 Å². The molecule has 0 atom stereocenters. The van der Waals surface area contributed by atoms with Gasteiger partial charge in [0.2, 0.25) is 0 Å². The van der Waals surface area contributed by atoms with Gasteiger partial charge in [-0.15, -0.1) is 0 Å². The highest BCUT2D eigenvalue weighted by molar-refractivity contribution is 6.29. The highest BCUT2D eigenvalue weighted by Crippen LogP contribution is 2.08. The SMILES string of the molecule is CON=C(Cn1ccnc1)c1ccc(Cl)nc1. The predicted octanol–water partition coefficient (Wildman–Crippen LogP) is 1.98. The van der Waals surface area contributed by atoms with E-state index in [2.05, 4.69) is 15.1 Å². The van der Waals surface area contributed by atoms with E-state index in [9.17, 15) is 0 Å².